The fourth-order valence-electron chi connectivity index (χ4n) is 3.35. The number of aromatic nitrogens is 3. The lowest BCUT2D eigenvalue weighted by Crippen LogP contribution is -2.33. The Balaban J connectivity index is 1.69. The minimum absolute atomic E-state index is 0.0365. The van der Waals surface area contributed by atoms with Crippen LogP contribution in [0.4, 0.5) is 5.69 Å². The molecule has 0 fully saturated rings. The number of nitrogens with zero attached hydrogens (tertiary/aromatic N) is 3. The van der Waals surface area contributed by atoms with Crippen molar-refractivity contribution < 1.29 is 9.59 Å². The van der Waals surface area contributed by atoms with Gasteiger partial charge >= 0.3 is 0 Å². The summed E-state index contributed by atoms with van der Waals surface area (Å²) in [7, 11) is 1.82. The Morgan fingerprint density at radius 2 is 1.80 bits per heavy atom. The Labute approximate surface area is 227 Å². The molecular formula is C24H26BrCl2N5O2S. The van der Waals surface area contributed by atoms with Gasteiger partial charge in [0.05, 0.1) is 21.8 Å². The number of nitrogens with one attached hydrogen (secondary N) is 2. The summed E-state index contributed by atoms with van der Waals surface area (Å²) < 4.78 is 2.80. The van der Waals surface area contributed by atoms with Crippen LogP contribution in [0.2, 0.25) is 10.0 Å². The van der Waals surface area contributed by atoms with Crippen LogP contribution in [0.1, 0.15) is 47.2 Å². The lowest BCUT2D eigenvalue weighted by Gasteiger charge is -2.22. The predicted molar refractivity (Wildman–Crippen MR) is 145 cm³/mol. The van der Waals surface area contributed by atoms with Gasteiger partial charge in [0.15, 0.2) is 11.0 Å². The number of thioether (sulfide) groups is 1. The maximum Gasteiger partial charge on any atom is 0.251 e. The van der Waals surface area contributed by atoms with Crippen LogP contribution in [0, 0.1) is 19.8 Å². The molecule has 0 aliphatic rings. The van der Waals surface area contributed by atoms with Crippen LogP contribution in [0.15, 0.2) is 40.0 Å². The highest BCUT2D eigenvalue weighted by Gasteiger charge is 2.25. The second-order valence-electron chi connectivity index (χ2n) is 8.41. The second-order valence-corrected chi connectivity index (χ2v) is 11.0. The quantitative estimate of drug-likeness (QED) is 0.295. The van der Waals surface area contributed by atoms with E-state index >= 15 is 0 Å². The molecule has 0 spiro atoms. The van der Waals surface area contributed by atoms with Crippen LogP contribution in [0.25, 0.3) is 0 Å². The third kappa shape index (κ3) is 6.58. The number of hydrogen-bond acceptors (Lipinski definition) is 5. The summed E-state index contributed by atoms with van der Waals surface area (Å²) in [6.07, 6.45) is 0. The Bertz CT molecular complexity index is 1260. The van der Waals surface area contributed by atoms with E-state index in [2.05, 4.69) is 36.8 Å². The molecule has 3 rings (SSSR count). The number of halogens is 3. The highest BCUT2D eigenvalue weighted by atomic mass is 79.9. The first-order valence-electron chi connectivity index (χ1n) is 10.8. The molecule has 186 valence electrons. The van der Waals surface area contributed by atoms with Gasteiger partial charge in [0, 0.05) is 22.8 Å². The molecule has 1 heterocycles. The van der Waals surface area contributed by atoms with Crippen LogP contribution in [0.3, 0.4) is 0 Å². The number of benzene rings is 2. The molecule has 0 saturated carbocycles. The summed E-state index contributed by atoms with van der Waals surface area (Å²) >= 11 is 16.8. The lowest BCUT2D eigenvalue weighted by molar-refractivity contribution is -0.113. The zero-order valence-electron chi connectivity index (χ0n) is 19.9. The number of anilines is 1. The first kappa shape index (κ1) is 27.5. The molecule has 0 saturated heterocycles. The fraction of sp³-hybridized carbons (Fsp3) is 0.333. The summed E-state index contributed by atoms with van der Waals surface area (Å²) in [6, 6.07) is 8.12. The summed E-state index contributed by atoms with van der Waals surface area (Å²) in [5.74, 6) is 0.365. The van der Waals surface area contributed by atoms with E-state index in [1.54, 1.807) is 16.7 Å². The highest BCUT2D eigenvalue weighted by Crippen LogP contribution is 2.28. The summed E-state index contributed by atoms with van der Waals surface area (Å²) in [6.45, 7) is 7.93. The zero-order valence-corrected chi connectivity index (χ0v) is 23.9. The van der Waals surface area contributed by atoms with Gasteiger partial charge in [0.25, 0.3) is 5.91 Å². The van der Waals surface area contributed by atoms with E-state index in [4.69, 9.17) is 23.2 Å². The molecule has 11 heteroatoms. The molecule has 2 N–H and O–H groups in total. The van der Waals surface area contributed by atoms with E-state index in [1.165, 1.54) is 17.8 Å². The van der Waals surface area contributed by atoms with Gasteiger partial charge in [0.2, 0.25) is 5.91 Å². The lowest BCUT2D eigenvalue weighted by atomic mass is 10.0. The number of hydrogen-bond donors (Lipinski definition) is 2. The third-order valence-corrected chi connectivity index (χ3v) is 8.23. The van der Waals surface area contributed by atoms with Crippen molar-refractivity contribution in [2.75, 3.05) is 11.1 Å². The molecule has 0 aliphatic heterocycles. The standard InChI is InChI=1S/C24H26BrCl2N5O2S/c1-12(2)21(29-23(34)15-6-8-17(26)18(27)10-15)22-30-31-24(32(22)5)35-11-20(33)28-19-9-7-16(25)13(3)14(19)4/h6-10,12,21H,11H2,1-5H3,(H,28,33)(H,29,34)/t21-/m0/s1. The van der Waals surface area contributed by atoms with Crippen LogP contribution in [0.5, 0.6) is 0 Å². The molecule has 1 atom stereocenters. The van der Waals surface area contributed by atoms with Crippen LogP contribution >= 0.6 is 50.9 Å². The van der Waals surface area contributed by atoms with Crippen molar-refractivity contribution in [2.45, 2.75) is 38.9 Å². The Hall–Kier alpha value is -2.07. The Morgan fingerprint density at radius 1 is 1.09 bits per heavy atom. The van der Waals surface area contributed by atoms with E-state index in [1.807, 2.05) is 46.9 Å². The first-order chi connectivity index (χ1) is 16.5. The largest absolute Gasteiger partial charge is 0.342 e. The molecular weight excluding hydrogens is 573 g/mol. The normalized spacial score (nSPS) is 12.0. The van der Waals surface area contributed by atoms with E-state index in [0.29, 0.717) is 26.6 Å². The van der Waals surface area contributed by atoms with Crippen LogP contribution < -0.4 is 10.6 Å². The molecule has 2 aromatic carbocycles. The minimum atomic E-state index is -0.397. The van der Waals surface area contributed by atoms with Crippen molar-refractivity contribution in [3.8, 4) is 0 Å². The van der Waals surface area contributed by atoms with E-state index in [9.17, 15) is 9.59 Å². The summed E-state index contributed by atoms with van der Waals surface area (Å²) in [5.41, 5.74) is 3.27. The van der Waals surface area contributed by atoms with Gasteiger partial charge in [-0.1, -0.05) is 64.7 Å². The van der Waals surface area contributed by atoms with Crippen molar-refractivity contribution in [2.24, 2.45) is 13.0 Å². The zero-order chi connectivity index (χ0) is 25.9. The SMILES string of the molecule is Cc1c(Br)ccc(NC(=O)CSc2nnc([C@@H](NC(=O)c3ccc(Cl)c(Cl)c3)C(C)C)n2C)c1C. The van der Waals surface area contributed by atoms with E-state index < -0.39 is 6.04 Å². The van der Waals surface area contributed by atoms with Gasteiger partial charge in [-0.15, -0.1) is 10.2 Å². The average Bonchev–Trinajstić information content (AvgIpc) is 3.17. The van der Waals surface area contributed by atoms with Crippen LogP contribution in [-0.4, -0.2) is 32.3 Å². The van der Waals surface area contributed by atoms with Gasteiger partial charge in [-0.3, -0.25) is 9.59 Å². The molecule has 2 amide bonds. The molecule has 0 radical (unpaired) electrons. The Kier molecular flexibility index (Phi) is 9.26. The van der Waals surface area contributed by atoms with E-state index in [-0.39, 0.29) is 23.5 Å². The fourth-order valence-corrected chi connectivity index (χ4v) is 4.80. The molecule has 0 unspecified atom stereocenters. The minimum Gasteiger partial charge on any atom is -0.342 e. The van der Waals surface area contributed by atoms with E-state index in [0.717, 1.165) is 21.3 Å². The van der Waals surface area contributed by atoms with Gasteiger partial charge in [0.1, 0.15) is 0 Å². The number of amides is 2. The maximum absolute atomic E-state index is 12.8. The molecule has 0 aliphatic carbocycles. The monoisotopic (exact) mass is 597 g/mol. The van der Waals surface area contributed by atoms with Crippen LogP contribution in [-0.2, 0) is 11.8 Å². The average molecular weight is 599 g/mol. The van der Waals surface area contributed by atoms with Gasteiger partial charge in [-0.05, 0) is 61.2 Å². The predicted octanol–water partition coefficient (Wildman–Crippen LogP) is 6.36. The van der Waals surface area contributed by atoms with Crippen molar-refractivity contribution in [3.63, 3.8) is 0 Å². The van der Waals surface area contributed by atoms with Crippen molar-refractivity contribution in [1.29, 1.82) is 0 Å². The van der Waals surface area contributed by atoms with Crippen molar-refractivity contribution in [1.82, 2.24) is 20.1 Å². The molecule has 0 bridgehead atoms. The molecule has 3 aromatic rings. The van der Waals surface area contributed by atoms with Gasteiger partial charge < -0.3 is 15.2 Å². The molecule has 7 nitrogen and oxygen atoms in total. The number of carbonyl (C=O) groups is 2. The third-order valence-electron chi connectivity index (χ3n) is 5.61. The first-order valence-corrected chi connectivity index (χ1v) is 13.4. The number of rotatable bonds is 8. The summed E-state index contributed by atoms with van der Waals surface area (Å²) in [4.78, 5) is 25.4. The van der Waals surface area contributed by atoms with Gasteiger partial charge in [-0.25, -0.2) is 0 Å². The highest BCUT2D eigenvalue weighted by molar-refractivity contribution is 9.10. The summed E-state index contributed by atoms with van der Waals surface area (Å²) in [5, 5.41) is 15.8. The topological polar surface area (TPSA) is 88.9 Å². The maximum atomic E-state index is 12.8. The Morgan fingerprint density at radius 3 is 2.46 bits per heavy atom. The van der Waals surface area contributed by atoms with Gasteiger partial charge in [-0.2, -0.15) is 0 Å². The molecule has 1 aromatic heterocycles. The molecule has 35 heavy (non-hydrogen) atoms. The second kappa shape index (κ2) is 11.8. The number of carbonyl (C=O) groups excluding carboxylic acids is 2. The smallest absolute Gasteiger partial charge is 0.251 e. The van der Waals surface area contributed by atoms with Crippen molar-refractivity contribution >= 4 is 68.4 Å². The van der Waals surface area contributed by atoms with Crippen molar-refractivity contribution in [3.05, 3.63) is 67.4 Å².